The second kappa shape index (κ2) is 7.78. The van der Waals surface area contributed by atoms with Crippen molar-refractivity contribution < 1.29 is 26.3 Å². The third-order valence-corrected chi connectivity index (χ3v) is 6.22. The molecule has 0 radical (unpaired) electrons. The Kier molecular flexibility index (Phi) is 5.27. The SMILES string of the molecule is CN1C=C(S(=O)(=O)N2CC(c3ccccc3)C(c3cccc(OC(F)(F)F)c3)=N2)NN1. The summed E-state index contributed by atoms with van der Waals surface area (Å²) in [6.07, 6.45) is -3.48. The number of sulfonamides is 1. The molecular formula is C19H18F3N5O3S. The molecular weight excluding hydrogens is 435 g/mol. The van der Waals surface area contributed by atoms with Crippen LogP contribution in [0.4, 0.5) is 13.2 Å². The fraction of sp³-hybridized carbons (Fsp3) is 0.211. The largest absolute Gasteiger partial charge is 0.573 e. The lowest BCUT2D eigenvalue weighted by molar-refractivity contribution is -0.274. The first-order valence-electron chi connectivity index (χ1n) is 9.12. The van der Waals surface area contributed by atoms with Crippen LogP contribution in [0.2, 0.25) is 0 Å². The molecule has 0 spiro atoms. The van der Waals surface area contributed by atoms with Crippen molar-refractivity contribution in [3.8, 4) is 5.75 Å². The molecule has 1 unspecified atom stereocenters. The molecule has 0 aliphatic carbocycles. The molecule has 31 heavy (non-hydrogen) atoms. The van der Waals surface area contributed by atoms with Gasteiger partial charge in [0, 0.05) is 18.5 Å². The molecule has 0 bridgehead atoms. The molecule has 12 heteroatoms. The number of hydrogen-bond acceptors (Lipinski definition) is 7. The molecule has 2 aromatic carbocycles. The van der Waals surface area contributed by atoms with Crippen molar-refractivity contribution in [1.82, 2.24) is 20.4 Å². The molecule has 0 aromatic heterocycles. The summed E-state index contributed by atoms with van der Waals surface area (Å²) in [4.78, 5) is 0. The quantitative estimate of drug-likeness (QED) is 0.724. The van der Waals surface area contributed by atoms with Gasteiger partial charge < -0.3 is 4.74 Å². The van der Waals surface area contributed by atoms with E-state index in [-0.39, 0.29) is 11.6 Å². The minimum Gasteiger partial charge on any atom is -0.406 e. The Bertz CT molecular complexity index is 1140. The molecule has 2 N–H and O–H groups in total. The first-order chi connectivity index (χ1) is 14.6. The lowest BCUT2D eigenvalue weighted by Gasteiger charge is -2.17. The van der Waals surface area contributed by atoms with E-state index in [1.165, 1.54) is 29.4 Å². The summed E-state index contributed by atoms with van der Waals surface area (Å²) < 4.78 is 69.0. The predicted octanol–water partition coefficient (Wildman–Crippen LogP) is 2.47. The maximum Gasteiger partial charge on any atom is 0.573 e. The number of rotatable bonds is 5. The van der Waals surface area contributed by atoms with Crippen LogP contribution < -0.4 is 15.7 Å². The normalized spacial score (nSPS) is 19.2. The maximum absolute atomic E-state index is 13.0. The number of ether oxygens (including phenoxy) is 1. The molecule has 4 rings (SSSR count). The number of nitrogens with one attached hydrogen (secondary N) is 2. The molecule has 2 heterocycles. The summed E-state index contributed by atoms with van der Waals surface area (Å²) in [6.45, 7) is -0.00519. The van der Waals surface area contributed by atoms with Crippen molar-refractivity contribution in [1.29, 1.82) is 0 Å². The molecule has 0 saturated carbocycles. The number of alkyl halides is 3. The fourth-order valence-corrected chi connectivity index (χ4v) is 4.55. The standard InChI is InChI=1S/C19H18F3N5O3S/c1-26-12-17(23-25-26)31(28,29)27-11-16(13-6-3-2-4-7-13)18(24-27)14-8-5-9-15(10-14)30-19(20,21)22/h2-10,12,16,23,25H,11H2,1H3. The van der Waals surface area contributed by atoms with Gasteiger partial charge in [-0.05, 0) is 17.7 Å². The topological polar surface area (TPSA) is 86.3 Å². The van der Waals surface area contributed by atoms with E-state index in [9.17, 15) is 21.6 Å². The Hall–Kier alpha value is -3.25. The third-order valence-electron chi connectivity index (χ3n) is 4.68. The first-order valence-corrected chi connectivity index (χ1v) is 10.6. The summed E-state index contributed by atoms with van der Waals surface area (Å²) in [5, 5.41) is 5.63. The Labute approximate surface area is 176 Å². The zero-order chi connectivity index (χ0) is 22.2. The molecule has 0 amide bonds. The Balaban J connectivity index is 1.74. The minimum absolute atomic E-state index is 0.00519. The van der Waals surface area contributed by atoms with E-state index < -0.39 is 28.1 Å². The zero-order valence-corrected chi connectivity index (χ0v) is 17.0. The van der Waals surface area contributed by atoms with Gasteiger partial charge in [0.05, 0.1) is 18.5 Å². The monoisotopic (exact) mass is 453 g/mol. The molecule has 2 aliphatic heterocycles. The van der Waals surface area contributed by atoms with Gasteiger partial charge in [0.25, 0.3) is 10.0 Å². The molecule has 164 valence electrons. The van der Waals surface area contributed by atoms with Crippen LogP contribution in [0, 0.1) is 0 Å². The van der Waals surface area contributed by atoms with Gasteiger partial charge in [0.2, 0.25) is 0 Å². The average molecular weight is 453 g/mol. The van der Waals surface area contributed by atoms with Gasteiger partial charge in [0.15, 0.2) is 5.03 Å². The highest BCUT2D eigenvalue weighted by Gasteiger charge is 2.38. The Morgan fingerprint density at radius 3 is 2.52 bits per heavy atom. The molecule has 2 aliphatic rings. The van der Waals surface area contributed by atoms with Gasteiger partial charge in [-0.1, -0.05) is 42.5 Å². The van der Waals surface area contributed by atoms with Crippen molar-refractivity contribution in [3.05, 3.63) is 77.0 Å². The predicted molar refractivity (Wildman–Crippen MR) is 107 cm³/mol. The number of hydrazine groups is 2. The van der Waals surface area contributed by atoms with Crippen LogP contribution in [-0.4, -0.2) is 43.5 Å². The van der Waals surface area contributed by atoms with E-state index in [0.717, 1.165) is 9.98 Å². The van der Waals surface area contributed by atoms with Crippen molar-refractivity contribution >= 4 is 15.7 Å². The summed E-state index contributed by atoms with van der Waals surface area (Å²) in [5.41, 5.74) is 6.62. The van der Waals surface area contributed by atoms with E-state index in [1.54, 1.807) is 25.2 Å². The van der Waals surface area contributed by atoms with Crippen LogP contribution in [0.25, 0.3) is 0 Å². The number of hydrogen-bond donors (Lipinski definition) is 2. The van der Waals surface area contributed by atoms with Crippen LogP contribution in [-0.2, 0) is 10.0 Å². The van der Waals surface area contributed by atoms with E-state index in [1.807, 2.05) is 18.2 Å². The van der Waals surface area contributed by atoms with E-state index in [0.29, 0.717) is 11.3 Å². The van der Waals surface area contributed by atoms with Crippen molar-refractivity contribution in [2.24, 2.45) is 5.10 Å². The molecule has 1 atom stereocenters. The van der Waals surface area contributed by atoms with Crippen LogP contribution in [0.5, 0.6) is 5.75 Å². The van der Waals surface area contributed by atoms with E-state index in [2.05, 4.69) is 20.8 Å². The summed E-state index contributed by atoms with van der Waals surface area (Å²) >= 11 is 0. The smallest absolute Gasteiger partial charge is 0.406 e. The molecule has 8 nitrogen and oxygen atoms in total. The van der Waals surface area contributed by atoms with E-state index >= 15 is 0 Å². The number of nitrogens with zero attached hydrogens (tertiary/aromatic N) is 3. The second-order valence-electron chi connectivity index (χ2n) is 6.88. The highest BCUT2D eigenvalue weighted by Crippen LogP contribution is 2.33. The summed E-state index contributed by atoms with van der Waals surface area (Å²) in [7, 11) is -2.39. The van der Waals surface area contributed by atoms with Crippen molar-refractivity contribution in [3.63, 3.8) is 0 Å². The number of benzene rings is 2. The van der Waals surface area contributed by atoms with Gasteiger partial charge in [-0.15, -0.1) is 18.7 Å². The lowest BCUT2D eigenvalue weighted by Crippen LogP contribution is -2.37. The van der Waals surface area contributed by atoms with Crippen LogP contribution in [0.3, 0.4) is 0 Å². The van der Waals surface area contributed by atoms with Gasteiger partial charge in [0.1, 0.15) is 5.75 Å². The maximum atomic E-state index is 13.0. The molecule has 0 fully saturated rings. The van der Waals surface area contributed by atoms with Gasteiger partial charge >= 0.3 is 6.36 Å². The first kappa shape index (κ1) is 21.0. The van der Waals surface area contributed by atoms with Crippen LogP contribution >= 0.6 is 0 Å². The number of halogens is 3. The van der Waals surface area contributed by atoms with Crippen molar-refractivity contribution in [2.45, 2.75) is 12.3 Å². The van der Waals surface area contributed by atoms with Gasteiger partial charge in [-0.3, -0.25) is 10.4 Å². The number of hydrazone groups is 1. The van der Waals surface area contributed by atoms with E-state index in [4.69, 9.17) is 0 Å². The highest BCUT2D eigenvalue weighted by molar-refractivity contribution is 7.92. The minimum atomic E-state index is -4.84. The highest BCUT2D eigenvalue weighted by atomic mass is 32.2. The molecule has 0 saturated heterocycles. The Morgan fingerprint density at radius 2 is 1.87 bits per heavy atom. The van der Waals surface area contributed by atoms with Crippen LogP contribution in [0.1, 0.15) is 17.0 Å². The summed E-state index contributed by atoms with van der Waals surface area (Å²) in [5.74, 6) is -0.892. The van der Waals surface area contributed by atoms with Gasteiger partial charge in [-0.2, -0.15) is 17.9 Å². The average Bonchev–Trinajstić information content (AvgIpc) is 3.35. The fourth-order valence-electron chi connectivity index (χ4n) is 3.31. The molecule has 2 aromatic rings. The summed E-state index contributed by atoms with van der Waals surface area (Å²) in [6, 6.07) is 14.4. The van der Waals surface area contributed by atoms with Crippen molar-refractivity contribution in [2.75, 3.05) is 13.6 Å². The second-order valence-corrected chi connectivity index (χ2v) is 8.69. The zero-order valence-electron chi connectivity index (χ0n) is 16.2. The lowest BCUT2D eigenvalue weighted by atomic mass is 9.91. The van der Waals surface area contributed by atoms with Crippen LogP contribution in [0.15, 0.2) is 70.9 Å². The Morgan fingerprint density at radius 1 is 1.13 bits per heavy atom. The third kappa shape index (κ3) is 4.44. The van der Waals surface area contributed by atoms with Gasteiger partial charge in [-0.25, -0.2) is 0 Å².